The van der Waals surface area contributed by atoms with Gasteiger partial charge in [0.15, 0.2) is 4.88 Å². The minimum absolute atomic E-state index is 0.363. The van der Waals surface area contributed by atoms with Gasteiger partial charge in [-0.3, -0.25) is 0 Å². The van der Waals surface area contributed by atoms with E-state index in [9.17, 15) is 4.79 Å². The lowest BCUT2D eigenvalue weighted by atomic mass is 10.2. The van der Waals surface area contributed by atoms with Crippen LogP contribution in [0.1, 0.15) is 30.4 Å². The fourth-order valence-corrected chi connectivity index (χ4v) is 0.978. The molecular formula is C7H10N2O2S. The molecule has 0 aliphatic rings. The molecule has 4 nitrogen and oxygen atoms in total. The van der Waals surface area contributed by atoms with E-state index in [0.717, 1.165) is 11.5 Å². The standard InChI is InChI=1S/C7H10N2O2S/c1-7(2,3)11-6(10)5-4-8-9-12-5/h4H,1-3H3. The molecule has 0 unspecified atom stereocenters. The van der Waals surface area contributed by atoms with Crippen molar-refractivity contribution in [1.82, 2.24) is 9.59 Å². The first kappa shape index (κ1) is 9.12. The highest BCUT2D eigenvalue weighted by atomic mass is 32.1. The zero-order chi connectivity index (χ0) is 9.19. The highest BCUT2D eigenvalue weighted by Gasteiger charge is 2.18. The molecule has 0 aromatic carbocycles. The van der Waals surface area contributed by atoms with Gasteiger partial charge in [-0.2, -0.15) is 0 Å². The number of ether oxygens (including phenoxy) is 1. The second-order valence-electron chi connectivity index (χ2n) is 3.28. The predicted octanol–water partition coefficient (Wildman–Crippen LogP) is 1.49. The van der Waals surface area contributed by atoms with Crippen LogP contribution in [0, 0.1) is 0 Å². The molecule has 0 radical (unpaired) electrons. The number of carbonyl (C=O) groups excluding carboxylic acids is 1. The number of nitrogens with zero attached hydrogens (tertiary/aromatic N) is 2. The first-order valence-electron chi connectivity index (χ1n) is 3.50. The van der Waals surface area contributed by atoms with Crippen LogP contribution in [0.4, 0.5) is 0 Å². The summed E-state index contributed by atoms with van der Waals surface area (Å²) in [6.07, 6.45) is 1.40. The van der Waals surface area contributed by atoms with Crippen LogP contribution in [0.25, 0.3) is 0 Å². The van der Waals surface area contributed by atoms with Gasteiger partial charge < -0.3 is 4.74 Å². The molecule has 0 N–H and O–H groups in total. The fraction of sp³-hybridized carbons (Fsp3) is 0.571. The molecule has 0 aliphatic carbocycles. The first-order chi connectivity index (χ1) is 5.49. The Hall–Kier alpha value is -0.970. The number of aromatic nitrogens is 2. The van der Waals surface area contributed by atoms with E-state index in [4.69, 9.17) is 4.74 Å². The Balaban J connectivity index is 2.63. The van der Waals surface area contributed by atoms with E-state index in [2.05, 4.69) is 9.59 Å². The van der Waals surface area contributed by atoms with Crippen molar-refractivity contribution in [2.45, 2.75) is 26.4 Å². The summed E-state index contributed by atoms with van der Waals surface area (Å²) in [7, 11) is 0. The van der Waals surface area contributed by atoms with Crippen LogP contribution in [-0.4, -0.2) is 21.2 Å². The molecule has 12 heavy (non-hydrogen) atoms. The first-order valence-corrected chi connectivity index (χ1v) is 4.27. The zero-order valence-corrected chi connectivity index (χ0v) is 8.01. The maximum Gasteiger partial charge on any atom is 0.352 e. The normalized spacial score (nSPS) is 11.2. The summed E-state index contributed by atoms with van der Waals surface area (Å²) < 4.78 is 8.64. The molecule has 0 saturated heterocycles. The van der Waals surface area contributed by atoms with Crippen molar-refractivity contribution >= 4 is 17.5 Å². The number of esters is 1. The summed E-state index contributed by atoms with van der Waals surface area (Å²) >= 11 is 1.04. The van der Waals surface area contributed by atoms with E-state index < -0.39 is 5.60 Å². The van der Waals surface area contributed by atoms with Gasteiger partial charge in [-0.05, 0) is 32.3 Å². The smallest absolute Gasteiger partial charge is 0.352 e. The lowest BCUT2D eigenvalue weighted by Gasteiger charge is -2.18. The van der Waals surface area contributed by atoms with Gasteiger partial charge in [0.05, 0.1) is 6.20 Å². The van der Waals surface area contributed by atoms with Crippen LogP contribution >= 0.6 is 11.5 Å². The lowest BCUT2D eigenvalue weighted by molar-refractivity contribution is 0.00750. The number of hydrogen-bond acceptors (Lipinski definition) is 5. The van der Waals surface area contributed by atoms with Crippen molar-refractivity contribution in [3.05, 3.63) is 11.1 Å². The average molecular weight is 186 g/mol. The summed E-state index contributed by atoms with van der Waals surface area (Å²) in [6, 6.07) is 0. The van der Waals surface area contributed by atoms with Gasteiger partial charge in [-0.1, -0.05) is 4.49 Å². The van der Waals surface area contributed by atoms with Crippen LogP contribution in [0.15, 0.2) is 6.20 Å². The van der Waals surface area contributed by atoms with Crippen molar-refractivity contribution < 1.29 is 9.53 Å². The van der Waals surface area contributed by atoms with Gasteiger partial charge in [0.2, 0.25) is 0 Å². The second-order valence-corrected chi connectivity index (χ2v) is 4.07. The van der Waals surface area contributed by atoms with E-state index in [1.807, 2.05) is 20.8 Å². The van der Waals surface area contributed by atoms with Crippen molar-refractivity contribution in [1.29, 1.82) is 0 Å². The van der Waals surface area contributed by atoms with E-state index in [-0.39, 0.29) is 5.97 Å². The van der Waals surface area contributed by atoms with Crippen LogP contribution in [0.3, 0.4) is 0 Å². The second kappa shape index (κ2) is 3.18. The SMILES string of the molecule is CC(C)(C)OC(=O)c1cnns1. The van der Waals surface area contributed by atoms with E-state index in [1.165, 1.54) is 6.20 Å². The maximum absolute atomic E-state index is 11.2. The van der Waals surface area contributed by atoms with Crippen molar-refractivity contribution in [3.63, 3.8) is 0 Å². The molecule has 1 heterocycles. The van der Waals surface area contributed by atoms with Gasteiger partial charge >= 0.3 is 5.97 Å². The molecule has 0 amide bonds. The number of carbonyl (C=O) groups is 1. The molecule has 1 aromatic rings. The Kier molecular flexibility index (Phi) is 2.42. The summed E-state index contributed by atoms with van der Waals surface area (Å²) in [5.41, 5.74) is -0.457. The molecule has 0 aliphatic heterocycles. The third kappa shape index (κ3) is 2.58. The van der Waals surface area contributed by atoms with Crippen LogP contribution in [0.2, 0.25) is 0 Å². The Labute approximate surface area is 74.7 Å². The summed E-state index contributed by atoms with van der Waals surface area (Å²) in [6.45, 7) is 5.46. The van der Waals surface area contributed by atoms with E-state index >= 15 is 0 Å². The molecule has 0 fully saturated rings. The predicted molar refractivity (Wildman–Crippen MR) is 45.1 cm³/mol. The third-order valence-corrected chi connectivity index (χ3v) is 1.61. The lowest BCUT2D eigenvalue weighted by Crippen LogP contribution is -2.23. The monoisotopic (exact) mass is 186 g/mol. The quantitative estimate of drug-likeness (QED) is 0.623. The minimum Gasteiger partial charge on any atom is -0.456 e. The molecule has 0 saturated carbocycles. The zero-order valence-electron chi connectivity index (χ0n) is 7.20. The summed E-state index contributed by atoms with van der Waals surface area (Å²) in [5.74, 6) is -0.363. The molecule has 1 aromatic heterocycles. The summed E-state index contributed by atoms with van der Waals surface area (Å²) in [5, 5.41) is 3.54. The van der Waals surface area contributed by atoms with Gasteiger partial charge in [0.1, 0.15) is 5.60 Å². The Morgan fingerprint density at radius 1 is 1.58 bits per heavy atom. The van der Waals surface area contributed by atoms with Crippen molar-refractivity contribution in [2.75, 3.05) is 0 Å². The average Bonchev–Trinajstić information content (AvgIpc) is 2.32. The molecule has 0 atom stereocenters. The topological polar surface area (TPSA) is 52.1 Å². The van der Waals surface area contributed by atoms with Crippen LogP contribution < -0.4 is 0 Å². The Morgan fingerprint density at radius 3 is 2.67 bits per heavy atom. The number of hydrogen-bond donors (Lipinski definition) is 0. The minimum atomic E-state index is -0.457. The molecule has 1 rings (SSSR count). The molecule has 0 spiro atoms. The fourth-order valence-electron chi connectivity index (χ4n) is 0.585. The van der Waals surface area contributed by atoms with Crippen molar-refractivity contribution in [2.24, 2.45) is 0 Å². The maximum atomic E-state index is 11.2. The largest absolute Gasteiger partial charge is 0.456 e. The van der Waals surface area contributed by atoms with E-state index in [1.54, 1.807) is 0 Å². The van der Waals surface area contributed by atoms with Gasteiger partial charge in [0.25, 0.3) is 0 Å². The molecule has 5 heteroatoms. The van der Waals surface area contributed by atoms with Crippen LogP contribution in [0.5, 0.6) is 0 Å². The van der Waals surface area contributed by atoms with Crippen LogP contribution in [-0.2, 0) is 4.74 Å². The van der Waals surface area contributed by atoms with Gasteiger partial charge in [-0.15, -0.1) is 5.10 Å². The van der Waals surface area contributed by atoms with Crippen molar-refractivity contribution in [3.8, 4) is 0 Å². The third-order valence-electron chi connectivity index (χ3n) is 0.961. The highest BCUT2D eigenvalue weighted by Crippen LogP contribution is 2.12. The van der Waals surface area contributed by atoms with Gasteiger partial charge in [0, 0.05) is 0 Å². The van der Waals surface area contributed by atoms with Gasteiger partial charge in [-0.25, -0.2) is 4.79 Å². The van der Waals surface area contributed by atoms with E-state index in [0.29, 0.717) is 4.88 Å². The number of rotatable bonds is 1. The summed E-state index contributed by atoms with van der Waals surface area (Å²) in [4.78, 5) is 11.7. The molecular weight excluding hydrogens is 176 g/mol. The highest BCUT2D eigenvalue weighted by molar-refractivity contribution is 7.07. The molecule has 66 valence electrons. The Bertz CT molecular complexity index is 263. The molecule has 0 bridgehead atoms. The Morgan fingerprint density at radius 2 is 2.25 bits per heavy atom.